The standard InChI is InChI=1S/C24H31ClN8O2S2/c1-5-16(37(34,35)32-23(4)6-7-23)10-17(33-11-14(2)27-15(3)12-33)18-19(25)29-20(28-18)21-30-31-22(36-21)24(13-26)8-9-24/h5,10,14-15,27,32H,6-9,11-12H2,1-4H3,(H,28,29)/b16-5+,17-10+/t14-,15-/m0/s1. The first kappa shape index (κ1) is 26.3. The van der Waals surface area contributed by atoms with Gasteiger partial charge in [-0.15, -0.1) is 10.2 Å². The van der Waals surface area contributed by atoms with Gasteiger partial charge in [-0.25, -0.2) is 18.1 Å². The number of aromatic nitrogens is 4. The topological polar surface area (TPSA) is 140 Å². The van der Waals surface area contributed by atoms with E-state index in [-0.39, 0.29) is 22.1 Å². The maximum absolute atomic E-state index is 13.3. The number of H-pyrrole nitrogens is 1. The Morgan fingerprint density at radius 2 is 1.92 bits per heavy atom. The van der Waals surface area contributed by atoms with Crippen molar-refractivity contribution in [3.05, 3.63) is 32.9 Å². The molecule has 3 fully saturated rings. The molecule has 2 aliphatic carbocycles. The molecule has 0 radical (unpaired) electrons. The third-order valence-corrected chi connectivity index (χ3v) is 10.2. The van der Waals surface area contributed by atoms with Crippen molar-refractivity contribution < 1.29 is 8.42 Å². The normalized spacial score (nSPS) is 25.1. The summed E-state index contributed by atoms with van der Waals surface area (Å²) < 4.78 is 29.4. The van der Waals surface area contributed by atoms with Gasteiger partial charge in [-0.3, -0.25) is 0 Å². The predicted molar refractivity (Wildman–Crippen MR) is 144 cm³/mol. The van der Waals surface area contributed by atoms with Crippen molar-refractivity contribution >= 4 is 38.7 Å². The molecule has 2 aromatic rings. The number of rotatable bonds is 8. The van der Waals surface area contributed by atoms with E-state index in [1.807, 2.05) is 6.92 Å². The van der Waals surface area contributed by atoms with Crippen LogP contribution >= 0.6 is 22.9 Å². The molecular weight excluding hydrogens is 532 g/mol. The molecule has 37 heavy (non-hydrogen) atoms. The molecule has 1 saturated heterocycles. The maximum Gasteiger partial charge on any atom is 0.240 e. The molecule has 2 saturated carbocycles. The van der Waals surface area contributed by atoms with Crippen molar-refractivity contribution in [1.29, 1.82) is 5.26 Å². The Hall–Kier alpha value is -2.30. The highest BCUT2D eigenvalue weighted by Gasteiger charge is 2.48. The predicted octanol–water partition coefficient (Wildman–Crippen LogP) is 3.54. The lowest BCUT2D eigenvalue weighted by atomic mass is 10.1. The molecule has 0 amide bonds. The van der Waals surface area contributed by atoms with Crippen molar-refractivity contribution in [2.45, 2.75) is 76.4 Å². The number of nitrogens with one attached hydrogen (secondary N) is 3. The molecule has 198 valence electrons. The molecule has 13 heteroatoms. The quantitative estimate of drug-likeness (QED) is 0.415. The Bertz CT molecular complexity index is 1400. The Morgan fingerprint density at radius 3 is 2.49 bits per heavy atom. The minimum absolute atomic E-state index is 0.165. The number of allylic oxidation sites excluding steroid dienone is 2. The van der Waals surface area contributed by atoms with Gasteiger partial charge in [0, 0.05) is 30.7 Å². The van der Waals surface area contributed by atoms with Gasteiger partial charge in [-0.05, 0) is 59.5 Å². The fourth-order valence-corrected chi connectivity index (χ4v) is 7.35. The largest absolute Gasteiger partial charge is 0.367 e. The zero-order valence-corrected chi connectivity index (χ0v) is 23.7. The number of halogens is 1. The van der Waals surface area contributed by atoms with E-state index >= 15 is 0 Å². The van der Waals surface area contributed by atoms with Crippen LogP contribution in [0.2, 0.25) is 5.15 Å². The van der Waals surface area contributed by atoms with E-state index in [1.54, 1.807) is 19.1 Å². The Balaban J connectivity index is 1.54. The summed E-state index contributed by atoms with van der Waals surface area (Å²) >= 11 is 8.02. The van der Waals surface area contributed by atoms with Crippen LogP contribution in [0.25, 0.3) is 16.5 Å². The minimum Gasteiger partial charge on any atom is -0.367 e. The molecule has 0 aromatic carbocycles. The summed E-state index contributed by atoms with van der Waals surface area (Å²) in [6, 6.07) is 2.71. The lowest BCUT2D eigenvalue weighted by Crippen LogP contribution is -2.53. The molecule has 2 atom stereocenters. The van der Waals surface area contributed by atoms with Gasteiger partial charge < -0.3 is 15.2 Å². The fourth-order valence-electron chi connectivity index (χ4n) is 4.59. The van der Waals surface area contributed by atoms with E-state index in [9.17, 15) is 13.7 Å². The highest BCUT2D eigenvalue weighted by atomic mass is 35.5. The summed E-state index contributed by atoms with van der Waals surface area (Å²) in [5, 5.41) is 23.0. The molecule has 0 bridgehead atoms. The van der Waals surface area contributed by atoms with Gasteiger partial charge in [0.1, 0.15) is 21.3 Å². The van der Waals surface area contributed by atoms with Crippen LogP contribution in [0.4, 0.5) is 0 Å². The Kier molecular flexibility index (Phi) is 6.73. The molecule has 2 aromatic heterocycles. The smallest absolute Gasteiger partial charge is 0.240 e. The number of nitriles is 1. The van der Waals surface area contributed by atoms with Crippen LogP contribution in [-0.2, 0) is 15.4 Å². The molecule has 1 aliphatic heterocycles. The van der Waals surface area contributed by atoms with Gasteiger partial charge in [-0.2, -0.15) is 5.26 Å². The SMILES string of the molecule is C/C=C(\C=C(/c1nc(-c2nnc(C3(C#N)CC3)s2)[nH]c1Cl)N1C[C@H](C)N[C@@H](C)C1)S(=O)(=O)NC1(C)CC1. The van der Waals surface area contributed by atoms with Crippen LogP contribution in [0.5, 0.6) is 0 Å². The van der Waals surface area contributed by atoms with Crippen molar-refractivity contribution in [2.24, 2.45) is 0 Å². The molecule has 3 N–H and O–H groups in total. The second-order valence-electron chi connectivity index (χ2n) is 10.6. The highest BCUT2D eigenvalue weighted by molar-refractivity contribution is 7.93. The van der Waals surface area contributed by atoms with Crippen LogP contribution in [0.3, 0.4) is 0 Å². The van der Waals surface area contributed by atoms with Gasteiger partial charge in [-0.1, -0.05) is 29.0 Å². The van der Waals surface area contributed by atoms with Crippen LogP contribution in [0.1, 0.15) is 64.1 Å². The Labute approximate surface area is 226 Å². The summed E-state index contributed by atoms with van der Waals surface area (Å²) in [4.78, 5) is 10.2. The molecule has 0 spiro atoms. The fraction of sp³-hybridized carbons (Fsp3) is 0.583. The molecule has 10 nitrogen and oxygen atoms in total. The first-order valence-electron chi connectivity index (χ1n) is 12.4. The number of sulfonamides is 1. The van der Waals surface area contributed by atoms with Gasteiger partial charge in [0.25, 0.3) is 0 Å². The molecular formula is C24H31ClN8O2S2. The van der Waals surface area contributed by atoms with Gasteiger partial charge in [0.2, 0.25) is 10.0 Å². The van der Waals surface area contributed by atoms with E-state index in [1.165, 1.54) is 11.3 Å². The summed E-state index contributed by atoms with van der Waals surface area (Å²) in [5.74, 6) is 0.438. The zero-order valence-electron chi connectivity index (χ0n) is 21.3. The summed E-state index contributed by atoms with van der Waals surface area (Å²) in [6.07, 6.45) is 6.45. The highest BCUT2D eigenvalue weighted by Crippen LogP contribution is 2.49. The van der Waals surface area contributed by atoms with Crippen LogP contribution < -0.4 is 10.0 Å². The van der Waals surface area contributed by atoms with Crippen LogP contribution in [0.15, 0.2) is 17.1 Å². The summed E-state index contributed by atoms with van der Waals surface area (Å²) in [6.45, 7) is 9.12. The number of imidazole rings is 1. The average molecular weight is 563 g/mol. The monoisotopic (exact) mass is 562 g/mol. The van der Waals surface area contributed by atoms with Gasteiger partial charge in [0.05, 0.1) is 16.7 Å². The maximum atomic E-state index is 13.3. The third-order valence-electron chi connectivity index (χ3n) is 7.06. The van der Waals surface area contributed by atoms with E-state index in [0.29, 0.717) is 40.3 Å². The molecule has 3 aliphatic rings. The van der Waals surface area contributed by atoms with Crippen LogP contribution in [0, 0.1) is 11.3 Å². The lowest BCUT2D eigenvalue weighted by molar-refractivity contribution is 0.243. The van der Waals surface area contributed by atoms with Crippen molar-refractivity contribution in [2.75, 3.05) is 13.1 Å². The van der Waals surface area contributed by atoms with E-state index in [0.717, 1.165) is 25.7 Å². The summed E-state index contributed by atoms with van der Waals surface area (Å²) in [5.41, 5.74) is 0.137. The molecule has 0 unspecified atom stereocenters. The molecule has 3 heterocycles. The number of aromatic amines is 1. The van der Waals surface area contributed by atoms with Crippen LogP contribution in [-0.4, -0.2) is 64.2 Å². The zero-order chi connectivity index (χ0) is 26.6. The van der Waals surface area contributed by atoms with Gasteiger partial charge >= 0.3 is 0 Å². The second kappa shape index (κ2) is 9.47. The Morgan fingerprint density at radius 1 is 1.24 bits per heavy atom. The minimum atomic E-state index is -3.74. The number of nitrogens with zero attached hydrogens (tertiary/aromatic N) is 5. The first-order valence-corrected chi connectivity index (χ1v) is 15.1. The number of piperazine rings is 1. The number of hydrogen-bond donors (Lipinski definition) is 3. The van der Waals surface area contributed by atoms with E-state index in [4.69, 9.17) is 16.6 Å². The van der Waals surface area contributed by atoms with E-state index in [2.05, 4.69) is 50.0 Å². The second-order valence-corrected chi connectivity index (χ2v) is 13.7. The van der Waals surface area contributed by atoms with Crippen molar-refractivity contribution in [1.82, 2.24) is 35.1 Å². The van der Waals surface area contributed by atoms with E-state index < -0.39 is 21.0 Å². The average Bonchev–Trinajstić information content (AvgIpc) is 3.67. The lowest BCUT2D eigenvalue weighted by Gasteiger charge is -2.38. The van der Waals surface area contributed by atoms with Gasteiger partial charge in [0.15, 0.2) is 10.8 Å². The van der Waals surface area contributed by atoms with Crippen molar-refractivity contribution in [3.8, 4) is 16.9 Å². The number of hydrogen-bond acceptors (Lipinski definition) is 9. The van der Waals surface area contributed by atoms with Crippen molar-refractivity contribution in [3.63, 3.8) is 0 Å². The summed E-state index contributed by atoms with van der Waals surface area (Å²) in [7, 11) is -3.74. The third kappa shape index (κ3) is 5.33. The molecule has 5 rings (SSSR count). The first-order chi connectivity index (χ1) is 17.5.